The van der Waals surface area contributed by atoms with E-state index in [1.54, 1.807) is 24.3 Å². The van der Waals surface area contributed by atoms with Crippen LogP contribution in [0.2, 0.25) is 0 Å². The van der Waals surface area contributed by atoms with Crippen molar-refractivity contribution in [1.82, 2.24) is 0 Å². The second kappa shape index (κ2) is 6.33. The van der Waals surface area contributed by atoms with Crippen LogP contribution in [0, 0.1) is 0 Å². The number of aliphatic carboxylic acids is 1. The summed E-state index contributed by atoms with van der Waals surface area (Å²) in [5, 5.41) is 11.1. The SMILES string of the molecule is CS(=O)(=O)CC(=O)Nc1ccccc1CCC(=O)O. The van der Waals surface area contributed by atoms with Crippen molar-refractivity contribution in [2.75, 3.05) is 17.3 Å². The third-order valence-corrected chi connectivity index (χ3v) is 3.08. The van der Waals surface area contributed by atoms with Gasteiger partial charge < -0.3 is 10.4 Å². The maximum atomic E-state index is 11.5. The molecule has 0 aliphatic rings. The van der Waals surface area contributed by atoms with E-state index in [-0.39, 0.29) is 12.8 Å². The standard InChI is InChI=1S/C12H15NO5S/c1-19(17,18)8-11(14)13-10-5-3-2-4-9(10)6-7-12(15)16/h2-5H,6-8H2,1H3,(H,13,14)(H,15,16). The molecular formula is C12H15NO5S. The van der Waals surface area contributed by atoms with Gasteiger partial charge in [-0.3, -0.25) is 9.59 Å². The topological polar surface area (TPSA) is 101 Å². The summed E-state index contributed by atoms with van der Waals surface area (Å²) < 4.78 is 22.0. The highest BCUT2D eigenvalue weighted by atomic mass is 32.2. The van der Waals surface area contributed by atoms with E-state index in [9.17, 15) is 18.0 Å². The molecule has 1 amide bonds. The molecule has 1 aromatic rings. The molecule has 0 spiro atoms. The lowest BCUT2D eigenvalue weighted by Gasteiger charge is -2.09. The van der Waals surface area contributed by atoms with Gasteiger partial charge >= 0.3 is 5.97 Å². The maximum Gasteiger partial charge on any atom is 0.303 e. The Kier molecular flexibility index (Phi) is 5.05. The zero-order valence-corrected chi connectivity index (χ0v) is 11.2. The zero-order valence-electron chi connectivity index (χ0n) is 10.4. The lowest BCUT2D eigenvalue weighted by atomic mass is 10.1. The Labute approximate surface area is 111 Å². The molecular weight excluding hydrogens is 270 g/mol. The molecule has 0 aliphatic carbocycles. The predicted octanol–water partition coefficient (Wildman–Crippen LogP) is 0.687. The molecule has 0 aliphatic heterocycles. The average Bonchev–Trinajstić information content (AvgIpc) is 2.25. The van der Waals surface area contributed by atoms with Crippen LogP contribution in [-0.2, 0) is 25.8 Å². The Morgan fingerprint density at radius 3 is 2.47 bits per heavy atom. The Morgan fingerprint density at radius 1 is 1.26 bits per heavy atom. The van der Waals surface area contributed by atoms with E-state index in [2.05, 4.69) is 5.32 Å². The fourth-order valence-electron chi connectivity index (χ4n) is 1.53. The van der Waals surface area contributed by atoms with Gasteiger partial charge in [-0.1, -0.05) is 18.2 Å². The summed E-state index contributed by atoms with van der Waals surface area (Å²) in [6.45, 7) is 0. The van der Waals surface area contributed by atoms with Gasteiger partial charge in [0.2, 0.25) is 5.91 Å². The molecule has 0 unspecified atom stereocenters. The van der Waals surface area contributed by atoms with Crippen LogP contribution in [0.25, 0.3) is 0 Å². The fraction of sp³-hybridized carbons (Fsp3) is 0.333. The van der Waals surface area contributed by atoms with Crippen LogP contribution in [0.3, 0.4) is 0 Å². The summed E-state index contributed by atoms with van der Waals surface area (Å²) >= 11 is 0. The lowest BCUT2D eigenvalue weighted by molar-refractivity contribution is -0.136. The van der Waals surface area contributed by atoms with Gasteiger partial charge in [0.15, 0.2) is 9.84 Å². The number of sulfone groups is 1. The molecule has 7 heteroatoms. The van der Waals surface area contributed by atoms with Gasteiger partial charge in [0.05, 0.1) is 0 Å². The van der Waals surface area contributed by atoms with Crippen LogP contribution in [0.4, 0.5) is 5.69 Å². The van der Waals surface area contributed by atoms with Gasteiger partial charge in [-0.15, -0.1) is 0 Å². The van der Waals surface area contributed by atoms with Crippen molar-refractivity contribution in [2.45, 2.75) is 12.8 Å². The predicted molar refractivity (Wildman–Crippen MR) is 70.7 cm³/mol. The van der Waals surface area contributed by atoms with Gasteiger partial charge in [0, 0.05) is 18.4 Å². The summed E-state index contributed by atoms with van der Waals surface area (Å²) in [6.07, 6.45) is 1.19. The minimum atomic E-state index is -3.39. The van der Waals surface area contributed by atoms with E-state index in [0.717, 1.165) is 6.26 Å². The monoisotopic (exact) mass is 285 g/mol. The molecule has 6 nitrogen and oxygen atoms in total. The van der Waals surface area contributed by atoms with Crippen LogP contribution in [0.1, 0.15) is 12.0 Å². The van der Waals surface area contributed by atoms with Crippen LogP contribution in [-0.4, -0.2) is 37.4 Å². The van der Waals surface area contributed by atoms with Crippen molar-refractivity contribution in [3.8, 4) is 0 Å². The number of carboxylic acids is 1. The van der Waals surface area contributed by atoms with Gasteiger partial charge in [-0.05, 0) is 18.1 Å². The summed E-state index contributed by atoms with van der Waals surface area (Å²) in [6, 6.07) is 6.71. The number of aryl methyl sites for hydroxylation is 1. The smallest absolute Gasteiger partial charge is 0.303 e. The van der Waals surface area contributed by atoms with Crippen molar-refractivity contribution >= 4 is 27.4 Å². The first-order valence-electron chi connectivity index (χ1n) is 5.55. The van der Waals surface area contributed by atoms with E-state index in [4.69, 9.17) is 5.11 Å². The highest BCUT2D eigenvalue weighted by Crippen LogP contribution is 2.16. The van der Waals surface area contributed by atoms with Crippen molar-refractivity contribution in [1.29, 1.82) is 0 Å². The maximum absolute atomic E-state index is 11.5. The summed E-state index contributed by atoms with van der Waals surface area (Å²) in [4.78, 5) is 22.0. The number of hydrogen-bond acceptors (Lipinski definition) is 4. The number of amides is 1. The van der Waals surface area contributed by atoms with Gasteiger partial charge in [0.25, 0.3) is 0 Å². The first-order chi connectivity index (χ1) is 8.78. The number of rotatable bonds is 6. The molecule has 19 heavy (non-hydrogen) atoms. The van der Waals surface area contributed by atoms with Gasteiger partial charge in [-0.2, -0.15) is 0 Å². The summed E-state index contributed by atoms with van der Waals surface area (Å²) in [5.41, 5.74) is 1.10. The molecule has 2 N–H and O–H groups in total. The van der Waals surface area contributed by atoms with Gasteiger partial charge in [-0.25, -0.2) is 8.42 Å². The molecule has 0 aromatic heterocycles. The number of carbonyl (C=O) groups excluding carboxylic acids is 1. The molecule has 0 bridgehead atoms. The molecule has 0 fully saturated rings. The quantitative estimate of drug-likeness (QED) is 0.800. The second-order valence-electron chi connectivity index (χ2n) is 4.17. The van der Waals surface area contributed by atoms with E-state index >= 15 is 0 Å². The van der Waals surface area contributed by atoms with E-state index in [0.29, 0.717) is 11.3 Å². The average molecular weight is 285 g/mol. The minimum absolute atomic E-state index is 0.0566. The third-order valence-electron chi connectivity index (χ3n) is 2.29. The number of carbonyl (C=O) groups is 2. The van der Waals surface area contributed by atoms with Crippen LogP contribution in [0.15, 0.2) is 24.3 Å². The first-order valence-corrected chi connectivity index (χ1v) is 7.61. The van der Waals surface area contributed by atoms with Crippen molar-refractivity contribution < 1.29 is 23.1 Å². The normalized spacial score (nSPS) is 11.0. The number of anilines is 1. The molecule has 1 aromatic carbocycles. The molecule has 0 atom stereocenters. The number of benzene rings is 1. The molecule has 0 saturated heterocycles. The Balaban J connectivity index is 2.77. The number of nitrogens with one attached hydrogen (secondary N) is 1. The Bertz CT molecular complexity index is 580. The Hall–Kier alpha value is -1.89. The van der Waals surface area contributed by atoms with Crippen LogP contribution in [0.5, 0.6) is 0 Å². The fourth-order valence-corrected chi connectivity index (χ4v) is 2.07. The molecule has 0 saturated carbocycles. The molecule has 0 radical (unpaired) electrons. The molecule has 0 heterocycles. The highest BCUT2D eigenvalue weighted by Gasteiger charge is 2.12. The highest BCUT2D eigenvalue weighted by molar-refractivity contribution is 7.91. The first kappa shape index (κ1) is 15.2. The lowest BCUT2D eigenvalue weighted by Crippen LogP contribution is -2.22. The summed E-state index contributed by atoms with van der Waals surface area (Å²) in [5.74, 6) is -2.16. The molecule has 1 rings (SSSR count). The Morgan fingerprint density at radius 2 is 1.89 bits per heavy atom. The zero-order chi connectivity index (χ0) is 14.5. The van der Waals surface area contributed by atoms with Crippen LogP contribution < -0.4 is 5.32 Å². The number of para-hydroxylation sites is 1. The van der Waals surface area contributed by atoms with Crippen molar-refractivity contribution in [2.24, 2.45) is 0 Å². The van der Waals surface area contributed by atoms with E-state index in [1.807, 2.05) is 0 Å². The van der Waals surface area contributed by atoms with E-state index < -0.39 is 27.5 Å². The number of hydrogen-bond donors (Lipinski definition) is 2. The van der Waals surface area contributed by atoms with Gasteiger partial charge in [0.1, 0.15) is 5.75 Å². The number of carboxylic acid groups (broad SMARTS) is 1. The minimum Gasteiger partial charge on any atom is -0.481 e. The van der Waals surface area contributed by atoms with Crippen molar-refractivity contribution in [3.05, 3.63) is 29.8 Å². The summed E-state index contributed by atoms with van der Waals surface area (Å²) in [7, 11) is -3.39. The van der Waals surface area contributed by atoms with Crippen LogP contribution >= 0.6 is 0 Å². The molecule has 104 valence electrons. The van der Waals surface area contributed by atoms with E-state index in [1.165, 1.54) is 0 Å². The van der Waals surface area contributed by atoms with Crippen molar-refractivity contribution in [3.63, 3.8) is 0 Å². The third kappa shape index (κ3) is 6.01. The largest absolute Gasteiger partial charge is 0.481 e. The second-order valence-corrected chi connectivity index (χ2v) is 6.31.